The van der Waals surface area contributed by atoms with Crippen LogP contribution in [0.4, 0.5) is 4.39 Å². The summed E-state index contributed by atoms with van der Waals surface area (Å²) >= 11 is 0. The summed E-state index contributed by atoms with van der Waals surface area (Å²) in [5, 5.41) is 3.09. The van der Waals surface area contributed by atoms with Crippen molar-refractivity contribution in [3.05, 3.63) is 59.9 Å². The Morgan fingerprint density at radius 1 is 1.00 bits per heavy atom. The van der Waals surface area contributed by atoms with Crippen molar-refractivity contribution in [2.45, 2.75) is 50.5 Å². The van der Waals surface area contributed by atoms with Gasteiger partial charge in [-0.3, -0.25) is 9.59 Å². The third-order valence-corrected chi connectivity index (χ3v) is 9.38. The standard InChI is InChI=1S/C29H38FN3O6S/c1-29(2,14-3-19-39-25-8-6-23(30)7-9-25)28(35)31-24-12-15-33(16-13-24)40(36,37)26-10-4-22(5-11-26)27(34)32-17-20-38-21-18-32/h4-11,24H,3,12-21H2,1-2H3,(H,31,35). The van der Waals surface area contributed by atoms with E-state index >= 15 is 0 Å². The molecule has 0 spiro atoms. The van der Waals surface area contributed by atoms with Gasteiger partial charge in [-0.25, -0.2) is 12.8 Å². The molecule has 2 amide bonds. The minimum Gasteiger partial charge on any atom is -0.494 e. The van der Waals surface area contributed by atoms with Gasteiger partial charge >= 0.3 is 0 Å². The topological polar surface area (TPSA) is 105 Å². The van der Waals surface area contributed by atoms with Gasteiger partial charge in [0.25, 0.3) is 5.91 Å². The highest BCUT2D eigenvalue weighted by atomic mass is 32.2. The Balaban J connectivity index is 1.22. The first-order valence-corrected chi connectivity index (χ1v) is 15.2. The van der Waals surface area contributed by atoms with Crippen LogP contribution in [0.5, 0.6) is 5.75 Å². The molecule has 11 heteroatoms. The summed E-state index contributed by atoms with van der Waals surface area (Å²) in [6, 6.07) is 11.8. The van der Waals surface area contributed by atoms with Crippen LogP contribution in [-0.2, 0) is 19.6 Å². The fourth-order valence-corrected chi connectivity index (χ4v) is 6.31. The second-order valence-corrected chi connectivity index (χ2v) is 12.8. The highest BCUT2D eigenvalue weighted by molar-refractivity contribution is 7.89. The number of carbonyl (C=O) groups is 2. The van der Waals surface area contributed by atoms with Gasteiger partial charge in [0, 0.05) is 43.2 Å². The number of piperidine rings is 1. The maximum Gasteiger partial charge on any atom is 0.254 e. The van der Waals surface area contributed by atoms with E-state index in [9.17, 15) is 22.4 Å². The minimum absolute atomic E-state index is 0.0730. The van der Waals surface area contributed by atoms with Gasteiger partial charge in [0.15, 0.2) is 0 Å². The van der Waals surface area contributed by atoms with E-state index in [1.54, 1.807) is 29.2 Å². The van der Waals surface area contributed by atoms with Crippen molar-refractivity contribution < 1.29 is 31.9 Å². The molecule has 0 atom stereocenters. The number of nitrogens with one attached hydrogen (secondary N) is 1. The summed E-state index contributed by atoms with van der Waals surface area (Å²) in [5.41, 5.74) is -0.164. The van der Waals surface area contributed by atoms with Crippen molar-refractivity contribution in [1.82, 2.24) is 14.5 Å². The molecule has 2 aliphatic rings. The van der Waals surface area contributed by atoms with Gasteiger partial charge in [0.05, 0.1) is 24.7 Å². The van der Waals surface area contributed by atoms with Crippen molar-refractivity contribution in [2.75, 3.05) is 46.0 Å². The molecule has 218 valence electrons. The van der Waals surface area contributed by atoms with Gasteiger partial charge in [-0.2, -0.15) is 4.31 Å². The third-order valence-electron chi connectivity index (χ3n) is 7.47. The molecule has 0 aromatic heterocycles. The molecule has 2 aliphatic heterocycles. The van der Waals surface area contributed by atoms with E-state index in [1.807, 2.05) is 13.8 Å². The van der Waals surface area contributed by atoms with E-state index < -0.39 is 15.4 Å². The largest absolute Gasteiger partial charge is 0.494 e. The van der Waals surface area contributed by atoms with E-state index in [2.05, 4.69) is 5.32 Å². The number of amides is 2. The second kappa shape index (κ2) is 13.1. The smallest absolute Gasteiger partial charge is 0.254 e. The lowest BCUT2D eigenvalue weighted by atomic mass is 9.86. The van der Waals surface area contributed by atoms with Crippen molar-refractivity contribution >= 4 is 21.8 Å². The number of halogens is 1. The van der Waals surface area contributed by atoms with Gasteiger partial charge < -0.3 is 19.7 Å². The molecular formula is C29H38FN3O6S. The summed E-state index contributed by atoms with van der Waals surface area (Å²) < 4.78 is 51.8. The van der Waals surface area contributed by atoms with Crippen LogP contribution >= 0.6 is 0 Å². The van der Waals surface area contributed by atoms with Crippen molar-refractivity contribution in [2.24, 2.45) is 5.41 Å². The Kier molecular flexibility index (Phi) is 9.81. The maximum atomic E-state index is 13.2. The number of hydrogen-bond acceptors (Lipinski definition) is 6. The van der Waals surface area contributed by atoms with Gasteiger partial charge in [-0.15, -0.1) is 0 Å². The lowest BCUT2D eigenvalue weighted by Gasteiger charge is -2.34. The number of benzene rings is 2. The van der Waals surface area contributed by atoms with Crippen LogP contribution in [0.2, 0.25) is 0 Å². The predicted octanol–water partition coefficient (Wildman–Crippen LogP) is 3.45. The van der Waals surface area contributed by atoms with Gasteiger partial charge in [0.2, 0.25) is 15.9 Å². The number of ether oxygens (including phenoxy) is 2. The first-order valence-electron chi connectivity index (χ1n) is 13.7. The van der Waals surface area contributed by atoms with Crippen LogP contribution in [0, 0.1) is 11.2 Å². The van der Waals surface area contributed by atoms with Crippen LogP contribution in [0.15, 0.2) is 53.4 Å². The fourth-order valence-electron chi connectivity index (χ4n) is 4.84. The quantitative estimate of drug-likeness (QED) is 0.435. The zero-order valence-electron chi connectivity index (χ0n) is 23.1. The second-order valence-electron chi connectivity index (χ2n) is 10.9. The number of sulfonamides is 1. The van der Waals surface area contributed by atoms with E-state index in [1.165, 1.54) is 28.6 Å². The number of nitrogens with zero attached hydrogens (tertiary/aromatic N) is 2. The average Bonchev–Trinajstić information content (AvgIpc) is 2.96. The first kappa shape index (κ1) is 30.0. The van der Waals surface area contributed by atoms with Gasteiger partial charge in [0.1, 0.15) is 11.6 Å². The van der Waals surface area contributed by atoms with Gasteiger partial charge in [-0.1, -0.05) is 13.8 Å². The average molecular weight is 576 g/mol. The molecule has 1 N–H and O–H groups in total. The molecule has 4 rings (SSSR count). The zero-order chi connectivity index (χ0) is 28.8. The number of morpholine rings is 1. The fraction of sp³-hybridized carbons (Fsp3) is 0.517. The molecule has 0 saturated carbocycles. The van der Waals surface area contributed by atoms with Crippen LogP contribution in [0.25, 0.3) is 0 Å². The number of hydrogen-bond donors (Lipinski definition) is 1. The first-order chi connectivity index (χ1) is 19.1. The molecule has 2 saturated heterocycles. The lowest BCUT2D eigenvalue weighted by molar-refractivity contribution is -0.130. The molecule has 2 aromatic rings. The Bertz CT molecular complexity index is 1250. The van der Waals surface area contributed by atoms with E-state index in [-0.39, 0.29) is 28.6 Å². The molecule has 9 nitrogen and oxygen atoms in total. The van der Waals surface area contributed by atoms with Crippen LogP contribution in [0.3, 0.4) is 0 Å². The number of carbonyl (C=O) groups excluding carboxylic acids is 2. The predicted molar refractivity (Wildman–Crippen MR) is 148 cm³/mol. The molecule has 2 aromatic carbocycles. The molecule has 40 heavy (non-hydrogen) atoms. The monoisotopic (exact) mass is 575 g/mol. The summed E-state index contributed by atoms with van der Waals surface area (Å²) in [7, 11) is -3.71. The highest BCUT2D eigenvalue weighted by Gasteiger charge is 2.33. The van der Waals surface area contributed by atoms with E-state index in [4.69, 9.17) is 9.47 Å². The molecule has 0 radical (unpaired) electrons. The molecule has 0 unspecified atom stereocenters. The Labute approximate surface area is 235 Å². The summed E-state index contributed by atoms with van der Waals surface area (Å²) in [4.78, 5) is 27.5. The van der Waals surface area contributed by atoms with Crippen molar-refractivity contribution in [3.63, 3.8) is 0 Å². The maximum absolute atomic E-state index is 13.2. The molecule has 0 bridgehead atoms. The van der Waals surface area contributed by atoms with Crippen molar-refractivity contribution in [1.29, 1.82) is 0 Å². The Hall–Kier alpha value is -3.02. The van der Waals surface area contributed by atoms with Crippen molar-refractivity contribution in [3.8, 4) is 5.75 Å². The zero-order valence-corrected chi connectivity index (χ0v) is 23.9. The Morgan fingerprint density at radius 2 is 1.62 bits per heavy atom. The summed E-state index contributed by atoms with van der Waals surface area (Å²) in [6.07, 6.45) is 2.30. The van der Waals surface area contributed by atoms with Gasteiger partial charge in [-0.05, 0) is 74.2 Å². The molecule has 2 fully saturated rings. The van der Waals surface area contributed by atoms with E-state index in [0.717, 1.165) is 0 Å². The molecule has 2 heterocycles. The molecule has 0 aliphatic carbocycles. The van der Waals surface area contributed by atoms with E-state index in [0.29, 0.717) is 83.0 Å². The SMILES string of the molecule is CC(C)(CCCOc1ccc(F)cc1)C(=O)NC1CCN(S(=O)(=O)c2ccc(C(=O)N3CCOCC3)cc2)CC1. The Morgan fingerprint density at radius 3 is 2.25 bits per heavy atom. The number of rotatable bonds is 10. The summed E-state index contributed by atoms with van der Waals surface area (Å²) in [5.74, 6) is 0.0612. The highest BCUT2D eigenvalue weighted by Crippen LogP contribution is 2.26. The van der Waals surface area contributed by atoms with Crippen LogP contribution < -0.4 is 10.1 Å². The van der Waals surface area contributed by atoms with Crippen LogP contribution in [0.1, 0.15) is 49.9 Å². The van der Waals surface area contributed by atoms with Crippen LogP contribution in [-0.4, -0.2) is 81.5 Å². The summed E-state index contributed by atoms with van der Waals surface area (Å²) in [6.45, 7) is 6.82. The minimum atomic E-state index is -3.71. The molecular weight excluding hydrogens is 537 g/mol. The third kappa shape index (κ3) is 7.58. The lowest BCUT2D eigenvalue weighted by Crippen LogP contribution is -2.49. The normalized spacial score (nSPS) is 17.4.